The second-order valence-corrected chi connectivity index (χ2v) is 9.71. The molecule has 0 amide bonds. The average Bonchev–Trinajstić information content (AvgIpc) is 3.42. The Labute approximate surface area is 228 Å². The fourth-order valence-corrected chi connectivity index (χ4v) is 5.47. The summed E-state index contributed by atoms with van der Waals surface area (Å²) in [7, 11) is 0. The second-order valence-electron chi connectivity index (χ2n) is 9.71. The van der Waals surface area contributed by atoms with Crippen LogP contribution < -0.4 is 0 Å². The van der Waals surface area contributed by atoms with Crippen LogP contribution in [0.2, 0.25) is 0 Å². The SMILES string of the molecule is c1ccc(-c2ccc(-c3oc(-c4cccc(-c5ccccc5)c4-c4ccccc4)c4ccccc34)cc2)cc1. The predicted molar refractivity (Wildman–Crippen MR) is 163 cm³/mol. The molecule has 0 spiro atoms. The number of hydrogen-bond donors (Lipinski definition) is 0. The molecule has 0 fully saturated rings. The van der Waals surface area contributed by atoms with Crippen LogP contribution >= 0.6 is 0 Å². The summed E-state index contributed by atoms with van der Waals surface area (Å²) in [5.74, 6) is 1.79. The highest BCUT2D eigenvalue weighted by Crippen LogP contribution is 2.45. The minimum absolute atomic E-state index is 0.893. The highest BCUT2D eigenvalue weighted by atomic mass is 16.3. The molecule has 7 aromatic rings. The van der Waals surface area contributed by atoms with Gasteiger partial charge in [0.25, 0.3) is 0 Å². The van der Waals surface area contributed by atoms with Gasteiger partial charge in [0.2, 0.25) is 0 Å². The Morgan fingerprint density at radius 1 is 0.282 bits per heavy atom. The number of benzene rings is 6. The van der Waals surface area contributed by atoms with Crippen molar-refractivity contribution < 1.29 is 4.42 Å². The first-order valence-electron chi connectivity index (χ1n) is 13.3. The molecule has 1 heteroatoms. The van der Waals surface area contributed by atoms with E-state index in [1.54, 1.807) is 0 Å². The fraction of sp³-hybridized carbons (Fsp3) is 0. The Bertz CT molecular complexity index is 1860. The number of rotatable bonds is 5. The van der Waals surface area contributed by atoms with Crippen LogP contribution in [0.15, 0.2) is 162 Å². The summed E-state index contributed by atoms with van der Waals surface area (Å²) in [6, 6.07) is 55.4. The lowest BCUT2D eigenvalue weighted by molar-refractivity contribution is 0.602. The smallest absolute Gasteiger partial charge is 0.143 e. The summed E-state index contributed by atoms with van der Waals surface area (Å²) < 4.78 is 6.84. The standard InChI is InChI=1S/C38H26O/c1-4-13-27(14-5-1)28-23-25-31(26-24-28)37-33-19-10-11-20-34(33)38(39-37)35-22-12-21-32(29-15-6-2-7-16-29)36(35)30-17-8-3-9-18-30/h1-26H. The Morgan fingerprint density at radius 2 is 0.744 bits per heavy atom. The first-order valence-corrected chi connectivity index (χ1v) is 13.3. The molecule has 6 aromatic carbocycles. The van der Waals surface area contributed by atoms with E-state index in [1.165, 1.54) is 33.4 Å². The minimum atomic E-state index is 0.893. The van der Waals surface area contributed by atoms with Crippen molar-refractivity contribution in [2.24, 2.45) is 0 Å². The van der Waals surface area contributed by atoms with Gasteiger partial charge in [-0.05, 0) is 27.8 Å². The molecular formula is C38H26O. The van der Waals surface area contributed by atoms with Crippen molar-refractivity contribution in [1.82, 2.24) is 0 Å². The summed E-state index contributed by atoms with van der Waals surface area (Å²) in [5.41, 5.74) is 9.27. The van der Waals surface area contributed by atoms with E-state index < -0.39 is 0 Å². The summed E-state index contributed by atoms with van der Waals surface area (Å²) in [6.45, 7) is 0. The molecule has 1 aromatic heterocycles. The van der Waals surface area contributed by atoms with Crippen molar-refractivity contribution in [3.05, 3.63) is 158 Å². The van der Waals surface area contributed by atoms with Gasteiger partial charge in [-0.15, -0.1) is 0 Å². The summed E-state index contributed by atoms with van der Waals surface area (Å²) in [6.07, 6.45) is 0. The van der Waals surface area contributed by atoms with Gasteiger partial charge in [0.1, 0.15) is 11.5 Å². The molecule has 0 aliphatic carbocycles. The number of hydrogen-bond acceptors (Lipinski definition) is 1. The lowest BCUT2D eigenvalue weighted by atomic mass is 9.89. The third-order valence-corrected chi connectivity index (χ3v) is 7.33. The molecule has 1 heterocycles. The van der Waals surface area contributed by atoms with Gasteiger partial charge in [0, 0.05) is 27.5 Å². The Hall–Kier alpha value is -5.14. The first-order chi connectivity index (χ1) is 19.4. The lowest BCUT2D eigenvalue weighted by Gasteiger charge is -2.15. The largest absolute Gasteiger partial charge is 0.455 e. The molecule has 0 aliphatic rings. The zero-order valence-corrected chi connectivity index (χ0v) is 21.4. The molecule has 0 saturated carbocycles. The van der Waals surface area contributed by atoms with Crippen molar-refractivity contribution in [2.45, 2.75) is 0 Å². The first kappa shape index (κ1) is 23.0. The highest BCUT2D eigenvalue weighted by Gasteiger charge is 2.21. The molecule has 0 radical (unpaired) electrons. The third kappa shape index (κ3) is 4.24. The van der Waals surface area contributed by atoms with E-state index in [0.717, 1.165) is 33.4 Å². The molecule has 1 nitrogen and oxygen atoms in total. The van der Waals surface area contributed by atoms with Gasteiger partial charge in [-0.3, -0.25) is 0 Å². The van der Waals surface area contributed by atoms with E-state index in [-0.39, 0.29) is 0 Å². The Kier molecular flexibility index (Phi) is 5.88. The van der Waals surface area contributed by atoms with Crippen LogP contribution in [0.3, 0.4) is 0 Å². The van der Waals surface area contributed by atoms with E-state index in [1.807, 2.05) is 6.07 Å². The van der Waals surface area contributed by atoms with Crippen LogP contribution in [-0.4, -0.2) is 0 Å². The topological polar surface area (TPSA) is 13.1 Å². The van der Waals surface area contributed by atoms with Crippen LogP contribution in [0.1, 0.15) is 0 Å². The monoisotopic (exact) mass is 498 g/mol. The van der Waals surface area contributed by atoms with Gasteiger partial charge in [-0.1, -0.05) is 158 Å². The molecule has 39 heavy (non-hydrogen) atoms. The third-order valence-electron chi connectivity index (χ3n) is 7.33. The van der Waals surface area contributed by atoms with E-state index >= 15 is 0 Å². The van der Waals surface area contributed by atoms with E-state index in [9.17, 15) is 0 Å². The van der Waals surface area contributed by atoms with E-state index in [4.69, 9.17) is 4.42 Å². The molecule has 0 saturated heterocycles. The normalized spacial score (nSPS) is 11.1. The molecule has 7 rings (SSSR count). The van der Waals surface area contributed by atoms with Gasteiger partial charge in [0.05, 0.1) is 0 Å². The van der Waals surface area contributed by atoms with Gasteiger partial charge < -0.3 is 4.42 Å². The van der Waals surface area contributed by atoms with Gasteiger partial charge >= 0.3 is 0 Å². The van der Waals surface area contributed by atoms with E-state index in [0.29, 0.717) is 0 Å². The van der Waals surface area contributed by atoms with Crippen molar-refractivity contribution in [3.8, 4) is 56.0 Å². The maximum absolute atomic E-state index is 6.84. The summed E-state index contributed by atoms with van der Waals surface area (Å²) in [5, 5.41) is 2.23. The lowest BCUT2D eigenvalue weighted by Crippen LogP contribution is -1.90. The quantitative estimate of drug-likeness (QED) is 0.230. The molecular weight excluding hydrogens is 472 g/mol. The highest BCUT2D eigenvalue weighted by molar-refractivity contribution is 6.06. The van der Waals surface area contributed by atoms with Crippen LogP contribution in [0.4, 0.5) is 0 Å². The number of fused-ring (bicyclic) bond motifs is 1. The molecule has 0 bridgehead atoms. The Morgan fingerprint density at radius 3 is 1.38 bits per heavy atom. The van der Waals surface area contributed by atoms with Gasteiger partial charge in [0.15, 0.2) is 0 Å². The van der Waals surface area contributed by atoms with Crippen LogP contribution in [-0.2, 0) is 0 Å². The van der Waals surface area contributed by atoms with Gasteiger partial charge in [-0.2, -0.15) is 0 Å². The predicted octanol–water partition coefficient (Wildman–Crippen LogP) is 10.8. The second kappa shape index (κ2) is 9.96. The molecule has 0 N–H and O–H groups in total. The molecule has 0 atom stereocenters. The maximum atomic E-state index is 6.84. The minimum Gasteiger partial charge on any atom is -0.455 e. The zero-order valence-electron chi connectivity index (χ0n) is 21.4. The van der Waals surface area contributed by atoms with Crippen molar-refractivity contribution >= 4 is 10.8 Å². The van der Waals surface area contributed by atoms with Crippen molar-refractivity contribution in [3.63, 3.8) is 0 Å². The fourth-order valence-electron chi connectivity index (χ4n) is 5.47. The van der Waals surface area contributed by atoms with E-state index in [2.05, 4.69) is 152 Å². The van der Waals surface area contributed by atoms with Crippen molar-refractivity contribution in [2.75, 3.05) is 0 Å². The summed E-state index contributed by atoms with van der Waals surface area (Å²) in [4.78, 5) is 0. The van der Waals surface area contributed by atoms with Crippen LogP contribution in [0, 0.1) is 0 Å². The summed E-state index contributed by atoms with van der Waals surface area (Å²) >= 11 is 0. The zero-order chi connectivity index (χ0) is 26.0. The molecule has 0 aliphatic heterocycles. The van der Waals surface area contributed by atoms with Crippen LogP contribution in [0.5, 0.6) is 0 Å². The Balaban J connectivity index is 1.43. The maximum Gasteiger partial charge on any atom is 0.143 e. The van der Waals surface area contributed by atoms with Crippen LogP contribution in [0.25, 0.3) is 66.8 Å². The van der Waals surface area contributed by atoms with Crippen molar-refractivity contribution in [1.29, 1.82) is 0 Å². The number of furan rings is 1. The molecule has 0 unspecified atom stereocenters. The average molecular weight is 499 g/mol. The molecule has 184 valence electrons. The van der Waals surface area contributed by atoms with Gasteiger partial charge in [-0.25, -0.2) is 0 Å².